The van der Waals surface area contributed by atoms with Gasteiger partial charge in [-0.05, 0) is 12.8 Å². The van der Waals surface area contributed by atoms with E-state index in [2.05, 4.69) is 18.8 Å². The Morgan fingerprint density at radius 2 is 2.22 bits per heavy atom. The van der Waals surface area contributed by atoms with Gasteiger partial charge in [-0.25, -0.2) is 0 Å². The average Bonchev–Trinajstić information content (AvgIpc) is 1.83. The van der Waals surface area contributed by atoms with Crippen molar-refractivity contribution in [3.63, 3.8) is 0 Å². The number of rotatable bonds is 3. The van der Waals surface area contributed by atoms with E-state index in [0.29, 0.717) is 11.8 Å². The van der Waals surface area contributed by atoms with E-state index in [1.54, 1.807) is 0 Å². The topological polar surface area (TPSA) is 38.4 Å². The van der Waals surface area contributed by atoms with Crippen molar-refractivity contribution in [1.29, 1.82) is 0 Å². The zero-order valence-electron chi connectivity index (χ0n) is 6.52. The summed E-state index contributed by atoms with van der Waals surface area (Å²) in [6.07, 6.45) is 1.18. The van der Waals surface area contributed by atoms with E-state index >= 15 is 0 Å². The first-order chi connectivity index (χ1) is 4.16. The van der Waals surface area contributed by atoms with Gasteiger partial charge in [0.2, 0.25) is 0 Å². The van der Waals surface area contributed by atoms with Gasteiger partial charge in [-0.2, -0.15) is 0 Å². The van der Waals surface area contributed by atoms with Gasteiger partial charge in [-0.3, -0.25) is 4.99 Å². The van der Waals surface area contributed by atoms with E-state index in [-0.39, 0.29) is 0 Å². The molecule has 54 valence electrons. The summed E-state index contributed by atoms with van der Waals surface area (Å²) in [5.41, 5.74) is 5.35. The van der Waals surface area contributed by atoms with Crippen LogP contribution in [0.5, 0.6) is 0 Å². The summed E-state index contributed by atoms with van der Waals surface area (Å²) >= 11 is 0. The van der Waals surface area contributed by atoms with E-state index in [1.165, 1.54) is 6.42 Å². The Bertz CT molecular complexity index is 93.1. The zero-order chi connectivity index (χ0) is 7.28. The Morgan fingerprint density at radius 1 is 1.67 bits per heavy atom. The lowest BCUT2D eigenvalue weighted by Gasteiger charge is -2.02. The van der Waals surface area contributed by atoms with E-state index in [4.69, 9.17) is 5.73 Å². The highest BCUT2D eigenvalue weighted by Crippen LogP contribution is 1.99. The lowest BCUT2D eigenvalue weighted by atomic mass is 10.1. The number of hydrogen-bond donors (Lipinski definition) is 1. The molecule has 0 aliphatic carbocycles. The molecule has 0 spiro atoms. The average molecular weight is 128 g/mol. The van der Waals surface area contributed by atoms with Crippen LogP contribution in [-0.4, -0.2) is 12.4 Å². The second-order valence-corrected chi connectivity index (χ2v) is 2.50. The number of amidine groups is 1. The van der Waals surface area contributed by atoms with Crippen LogP contribution in [0.2, 0.25) is 0 Å². The van der Waals surface area contributed by atoms with Gasteiger partial charge in [0, 0.05) is 6.54 Å². The van der Waals surface area contributed by atoms with Crippen molar-refractivity contribution < 1.29 is 0 Å². The number of nitrogens with zero attached hydrogens (tertiary/aromatic N) is 1. The van der Waals surface area contributed by atoms with Crippen molar-refractivity contribution in [2.75, 3.05) is 6.54 Å². The summed E-state index contributed by atoms with van der Waals surface area (Å²) in [6, 6.07) is 0. The predicted molar refractivity (Wildman–Crippen MR) is 41.6 cm³/mol. The minimum absolute atomic E-state index is 0.670. The summed E-state index contributed by atoms with van der Waals surface area (Å²) in [5, 5.41) is 0. The first-order valence-corrected chi connectivity index (χ1v) is 3.43. The molecule has 0 heterocycles. The summed E-state index contributed by atoms with van der Waals surface area (Å²) in [6.45, 7) is 7.03. The fourth-order valence-corrected chi connectivity index (χ4v) is 0.429. The molecular weight excluding hydrogens is 112 g/mol. The lowest BCUT2D eigenvalue weighted by molar-refractivity contribution is 0.576. The Labute approximate surface area is 57.2 Å². The number of hydrogen-bond acceptors (Lipinski definition) is 1. The van der Waals surface area contributed by atoms with E-state index < -0.39 is 0 Å². The molecule has 1 unspecified atom stereocenters. The van der Waals surface area contributed by atoms with Gasteiger partial charge >= 0.3 is 0 Å². The molecular formula is C7H16N2. The van der Waals surface area contributed by atoms with Crippen molar-refractivity contribution in [3.8, 4) is 0 Å². The van der Waals surface area contributed by atoms with Crippen LogP contribution in [-0.2, 0) is 0 Å². The Balaban J connectivity index is 3.37. The molecule has 0 amide bonds. The quantitative estimate of drug-likeness (QED) is 0.453. The molecule has 2 nitrogen and oxygen atoms in total. The van der Waals surface area contributed by atoms with Gasteiger partial charge in [0.05, 0.1) is 5.84 Å². The number of aliphatic imine (C=N–C) groups is 1. The molecule has 0 fully saturated rings. The molecule has 0 aromatic carbocycles. The third kappa shape index (κ3) is 5.34. The SMILES string of the molecule is CCC(C)CN=C(C)N. The lowest BCUT2D eigenvalue weighted by Crippen LogP contribution is -2.08. The summed E-state index contributed by atoms with van der Waals surface area (Å²) in [4.78, 5) is 4.09. The minimum atomic E-state index is 0.670. The van der Waals surface area contributed by atoms with Gasteiger partial charge < -0.3 is 5.73 Å². The van der Waals surface area contributed by atoms with E-state index in [1.807, 2.05) is 6.92 Å². The third-order valence-electron chi connectivity index (χ3n) is 1.35. The molecule has 2 N–H and O–H groups in total. The second-order valence-electron chi connectivity index (χ2n) is 2.50. The zero-order valence-corrected chi connectivity index (χ0v) is 6.52. The Morgan fingerprint density at radius 3 is 2.56 bits per heavy atom. The molecule has 0 saturated heterocycles. The van der Waals surface area contributed by atoms with Crippen molar-refractivity contribution in [2.45, 2.75) is 27.2 Å². The van der Waals surface area contributed by atoms with E-state index in [0.717, 1.165) is 6.54 Å². The highest BCUT2D eigenvalue weighted by Gasteiger charge is 1.94. The predicted octanol–water partition coefficient (Wildman–Crippen LogP) is 1.41. The van der Waals surface area contributed by atoms with Crippen LogP contribution in [0.3, 0.4) is 0 Å². The molecule has 0 radical (unpaired) electrons. The fraction of sp³-hybridized carbons (Fsp3) is 0.857. The van der Waals surface area contributed by atoms with Gasteiger partial charge in [0.1, 0.15) is 0 Å². The molecule has 0 aromatic rings. The second kappa shape index (κ2) is 4.36. The smallest absolute Gasteiger partial charge is 0.0905 e. The third-order valence-corrected chi connectivity index (χ3v) is 1.35. The minimum Gasteiger partial charge on any atom is -0.388 e. The molecule has 0 bridgehead atoms. The highest BCUT2D eigenvalue weighted by molar-refractivity contribution is 5.77. The Hall–Kier alpha value is -0.530. The van der Waals surface area contributed by atoms with Crippen LogP contribution in [0.4, 0.5) is 0 Å². The van der Waals surface area contributed by atoms with Crippen molar-refractivity contribution in [2.24, 2.45) is 16.6 Å². The molecule has 0 aliphatic rings. The van der Waals surface area contributed by atoms with Gasteiger partial charge in [0.15, 0.2) is 0 Å². The molecule has 1 atom stereocenters. The summed E-state index contributed by atoms with van der Waals surface area (Å²) in [7, 11) is 0. The van der Waals surface area contributed by atoms with Gasteiger partial charge in [-0.1, -0.05) is 20.3 Å². The molecule has 2 heteroatoms. The molecule has 9 heavy (non-hydrogen) atoms. The van der Waals surface area contributed by atoms with Gasteiger partial charge in [-0.15, -0.1) is 0 Å². The van der Waals surface area contributed by atoms with Crippen molar-refractivity contribution >= 4 is 5.84 Å². The molecule has 0 aliphatic heterocycles. The van der Waals surface area contributed by atoms with Gasteiger partial charge in [0.25, 0.3) is 0 Å². The first kappa shape index (κ1) is 8.47. The van der Waals surface area contributed by atoms with E-state index in [9.17, 15) is 0 Å². The standard InChI is InChI=1S/C7H16N2/c1-4-6(2)5-9-7(3)8/h6H,4-5H2,1-3H3,(H2,8,9). The van der Waals surface area contributed by atoms with Crippen molar-refractivity contribution in [3.05, 3.63) is 0 Å². The maximum absolute atomic E-state index is 5.35. The first-order valence-electron chi connectivity index (χ1n) is 3.43. The Kier molecular flexibility index (Phi) is 4.10. The van der Waals surface area contributed by atoms with Crippen LogP contribution in [0.1, 0.15) is 27.2 Å². The maximum Gasteiger partial charge on any atom is 0.0905 e. The van der Waals surface area contributed by atoms with Crippen molar-refractivity contribution in [1.82, 2.24) is 0 Å². The van der Waals surface area contributed by atoms with Crippen LogP contribution < -0.4 is 5.73 Å². The fourth-order valence-electron chi connectivity index (χ4n) is 0.429. The molecule has 0 aromatic heterocycles. The normalized spacial score (nSPS) is 15.7. The van der Waals surface area contributed by atoms with Crippen LogP contribution in [0.15, 0.2) is 4.99 Å². The summed E-state index contributed by atoms with van der Waals surface area (Å²) in [5.74, 6) is 1.36. The largest absolute Gasteiger partial charge is 0.388 e. The molecule has 0 rings (SSSR count). The van der Waals surface area contributed by atoms with Crippen LogP contribution >= 0.6 is 0 Å². The monoisotopic (exact) mass is 128 g/mol. The van der Waals surface area contributed by atoms with Crippen LogP contribution in [0, 0.1) is 5.92 Å². The molecule has 0 saturated carbocycles. The maximum atomic E-state index is 5.35. The number of nitrogens with two attached hydrogens (primary N) is 1. The highest BCUT2D eigenvalue weighted by atomic mass is 14.8. The van der Waals surface area contributed by atoms with Crippen LogP contribution in [0.25, 0.3) is 0 Å². The summed E-state index contributed by atoms with van der Waals surface area (Å²) < 4.78 is 0.